The number of nitrogens with zero attached hydrogens (tertiary/aromatic N) is 2. The summed E-state index contributed by atoms with van der Waals surface area (Å²) in [6.07, 6.45) is 2.08. The summed E-state index contributed by atoms with van der Waals surface area (Å²) in [6.45, 7) is 0.0696. The minimum Gasteiger partial charge on any atom is -0.503 e. The second kappa shape index (κ2) is 8.30. The van der Waals surface area contributed by atoms with E-state index in [1.165, 1.54) is 15.7 Å². The lowest BCUT2D eigenvalue weighted by Crippen LogP contribution is -2.44. The number of halogens is 3. The smallest absolute Gasteiger partial charge is 0.274 e. The van der Waals surface area contributed by atoms with Gasteiger partial charge in [-0.05, 0) is 12.8 Å². The molecule has 2 aliphatic heterocycles. The average molecular weight is 451 g/mol. The molecular weight excluding hydrogens is 431 g/mol. The molecule has 1 fully saturated rings. The SMILES string of the molecule is CO[C@@H]1CCN2C[C@H](C1)n1cc(C(=O)NCc3c(F)cc(F)cc3F)c(=O)c(O)c1C2=O. The lowest BCUT2D eigenvalue weighted by molar-refractivity contribution is 0.0677. The van der Waals surface area contributed by atoms with Gasteiger partial charge in [-0.3, -0.25) is 14.4 Å². The van der Waals surface area contributed by atoms with Gasteiger partial charge in [0, 0.05) is 50.6 Å². The Kier molecular flexibility index (Phi) is 5.68. The molecule has 0 aliphatic carbocycles. The zero-order valence-electron chi connectivity index (χ0n) is 17.0. The number of aromatic nitrogens is 1. The van der Waals surface area contributed by atoms with Crippen molar-refractivity contribution in [3.05, 3.63) is 62.8 Å². The maximum absolute atomic E-state index is 13.8. The zero-order valence-corrected chi connectivity index (χ0v) is 17.0. The molecule has 170 valence electrons. The summed E-state index contributed by atoms with van der Waals surface area (Å²) in [5.74, 6) is -5.90. The van der Waals surface area contributed by atoms with Gasteiger partial charge in [-0.15, -0.1) is 0 Å². The highest BCUT2D eigenvalue weighted by Gasteiger charge is 2.38. The van der Waals surface area contributed by atoms with Gasteiger partial charge in [0.15, 0.2) is 11.4 Å². The molecule has 0 radical (unpaired) electrons. The molecule has 3 heterocycles. The summed E-state index contributed by atoms with van der Waals surface area (Å²) in [4.78, 5) is 39.6. The van der Waals surface area contributed by atoms with Gasteiger partial charge in [-0.2, -0.15) is 0 Å². The Bertz CT molecular complexity index is 1140. The van der Waals surface area contributed by atoms with Crippen LogP contribution in [0.25, 0.3) is 0 Å². The molecule has 1 saturated heterocycles. The number of benzene rings is 1. The monoisotopic (exact) mass is 451 g/mol. The summed E-state index contributed by atoms with van der Waals surface area (Å²) >= 11 is 0. The first kappa shape index (κ1) is 21.9. The van der Waals surface area contributed by atoms with Crippen LogP contribution in [0.1, 0.15) is 45.3 Å². The first-order valence-corrected chi connectivity index (χ1v) is 9.93. The molecule has 1 aromatic carbocycles. The van der Waals surface area contributed by atoms with Gasteiger partial charge in [0.05, 0.1) is 12.1 Å². The number of ether oxygens (including phenoxy) is 1. The second-order valence-electron chi connectivity index (χ2n) is 7.79. The van der Waals surface area contributed by atoms with Gasteiger partial charge >= 0.3 is 0 Å². The number of carbonyl (C=O) groups is 2. The quantitative estimate of drug-likeness (QED) is 0.737. The van der Waals surface area contributed by atoms with Crippen LogP contribution >= 0.6 is 0 Å². The van der Waals surface area contributed by atoms with E-state index in [1.807, 2.05) is 0 Å². The molecule has 2 amide bonds. The highest BCUT2D eigenvalue weighted by atomic mass is 19.1. The van der Waals surface area contributed by atoms with E-state index >= 15 is 0 Å². The highest BCUT2D eigenvalue weighted by molar-refractivity contribution is 5.99. The van der Waals surface area contributed by atoms with Crippen LogP contribution < -0.4 is 10.7 Å². The van der Waals surface area contributed by atoms with Gasteiger partial charge in [-0.25, -0.2) is 13.2 Å². The Labute approximate surface area is 180 Å². The molecule has 11 heteroatoms. The van der Waals surface area contributed by atoms with Crippen LogP contribution in [-0.2, 0) is 11.3 Å². The molecule has 8 nitrogen and oxygen atoms in total. The van der Waals surface area contributed by atoms with Crippen molar-refractivity contribution in [1.29, 1.82) is 0 Å². The summed E-state index contributed by atoms with van der Waals surface area (Å²) in [6, 6.07) is 0.597. The fraction of sp³-hybridized carbons (Fsp3) is 0.381. The standard InChI is InChI=1S/C21H20F3N3O5/c1-32-12-2-3-26-8-11(6-12)27-9-14(18(28)19(29)17(27)21(26)31)20(30)25-7-13-15(23)4-10(22)5-16(13)24/h4-5,9,11-12,29H,2-3,6-8H2,1H3,(H,25,30)/t11-,12+/m0/s1. The van der Waals surface area contributed by atoms with Crippen LogP contribution in [0.2, 0.25) is 0 Å². The minimum atomic E-state index is -1.19. The van der Waals surface area contributed by atoms with Gasteiger partial charge in [-0.1, -0.05) is 0 Å². The first-order valence-electron chi connectivity index (χ1n) is 9.93. The summed E-state index contributed by atoms with van der Waals surface area (Å²) in [7, 11) is 1.55. The van der Waals surface area contributed by atoms with Crippen molar-refractivity contribution < 1.29 is 32.6 Å². The molecule has 2 aromatic rings. The zero-order chi connectivity index (χ0) is 23.2. The van der Waals surface area contributed by atoms with E-state index in [0.717, 1.165) is 0 Å². The molecule has 1 aromatic heterocycles. The third kappa shape index (κ3) is 3.72. The lowest BCUT2D eigenvalue weighted by Gasteiger charge is -2.34. The normalized spacial score (nSPS) is 20.0. The Balaban J connectivity index is 1.67. The number of aromatic hydroxyl groups is 1. The first-order chi connectivity index (χ1) is 15.2. The van der Waals surface area contributed by atoms with Crippen LogP contribution in [0, 0.1) is 17.5 Å². The van der Waals surface area contributed by atoms with E-state index in [4.69, 9.17) is 4.74 Å². The second-order valence-corrected chi connectivity index (χ2v) is 7.79. The van der Waals surface area contributed by atoms with Crippen molar-refractivity contribution in [2.45, 2.75) is 31.5 Å². The van der Waals surface area contributed by atoms with E-state index in [2.05, 4.69) is 5.32 Å². The Hall–Kier alpha value is -3.34. The largest absolute Gasteiger partial charge is 0.503 e. The summed E-state index contributed by atoms with van der Waals surface area (Å²) in [5.41, 5.74) is -2.37. The van der Waals surface area contributed by atoms with Crippen LogP contribution in [0.5, 0.6) is 5.75 Å². The number of rotatable bonds is 4. The summed E-state index contributed by atoms with van der Waals surface area (Å²) < 4.78 is 47.6. The van der Waals surface area contributed by atoms with E-state index in [9.17, 15) is 32.7 Å². The van der Waals surface area contributed by atoms with Crippen molar-refractivity contribution >= 4 is 11.8 Å². The molecule has 2 N–H and O–H groups in total. The number of carbonyl (C=O) groups excluding carboxylic acids is 2. The number of fused-ring (bicyclic) bond motifs is 4. The molecule has 2 aliphatic rings. The Morgan fingerprint density at radius 1 is 1.25 bits per heavy atom. The number of hydrogen-bond acceptors (Lipinski definition) is 5. The van der Waals surface area contributed by atoms with E-state index in [-0.39, 0.29) is 17.8 Å². The Morgan fingerprint density at radius 3 is 2.59 bits per heavy atom. The molecule has 0 unspecified atom stereocenters. The van der Waals surface area contributed by atoms with E-state index in [0.29, 0.717) is 38.1 Å². The molecule has 2 atom stereocenters. The lowest BCUT2D eigenvalue weighted by atomic mass is 10.0. The molecule has 0 saturated carbocycles. The third-order valence-corrected chi connectivity index (χ3v) is 5.89. The van der Waals surface area contributed by atoms with Crippen molar-refractivity contribution in [2.24, 2.45) is 0 Å². The molecule has 2 bridgehead atoms. The van der Waals surface area contributed by atoms with Crippen molar-refractivity contribution in [2.75, 3.05) is 20.2 Å². The predicted octanol–water partition coefficient (Wildman–Crippen LogP) is 1.71. The summed E-state index contributed by atoms with van der Waals surface area (Å²) in [5, 5.41) is 12.7. The van der Waals surface area contributed by atoms with Crippen molar-refractivity contribution in [1.82, 2.24) is 14.8 Å². The molecule has 4 rings (SSSR count). The molecular formula is C21H20F3N3O5. The third-order valence-electron chi connectivity index (χ3n) is 5.89. The molecule has 0 spiro atoms. The van der Waals surface area contributed by atoms with E-state index in [1.54, 1.807) is 7.11 Å². The van der Waals surface area contributed by atoms with Crippen LogP contribution in [-0.4, -0.2) is 52.7 Å². The number of amides is 2. The number of nitrogens with one attached hydrogen (secondary N) is 1. The van der Waals surface area contributed by atoms with Crippen LogP contribution in [0.15, 0.2) is 23.1 Å². The fourth-order valence-corrected chi connectivity index (χ4v) is 4.18. The number of pyridine rings is 1. The van der Waals surface area contributed by atoms with Gasteiger partial charge < -0.3 is 24.6 Å². The maximum Gasteiger partial charge on any atom is 0.274 e. The minimum absolute atomic E-state index is 0.160. The maximum atomic E-state index is 13.8. The van der Waals surface area contributed by atoms with Gasteiger partial charge in [0.25, 0.3) is 11.8 Å². The van der Waals surface area contributed by atoms with Gasteiger partial charge in [0.2, 0.25) is 5.43 Å². The number of hydrogen-bond donors (Lipinski definition) is 2. The highest BCUT2D eigenvalue weighted by Crippen LogP contribution is 2.32. The fourth-order valence-electron chi connectivity index (χ4n) is 4.18. The topological polar surface area (TPSA) is 101 Å². The molecule has 32 heavy (non-hydrogen) atoms. The average Bonchev–Trinajstić information content (AvgIpc) is 2.94. The van der Waals surface area contributed by atoms with Crippen molar-refractivity contribution in [3.8, 4) is 5.75 Å². The predicted molar refractivity (Wildman–Crippen MR) is 105 cm³/mol. The van der Waals surface area contributed by atoms with Gasteiger partial charge in [0.1, 0.15) is 23.0 Å². The Morgan fingerprint density at radius 2 is 1.94 bits per heavy atom. The van der Waals surface area contributed by atoms with Crippen molar-refractivity contribution in [3.63, 3.8) is 0 Å². The van der Waals surface area contributed by atoms with Crippen LogP contribution in [0.4, 0.5) is 13.2 Å². The van der Waals surface area contributed by atoms with E-state index < -0.39 is 58.1 Å². The van der Waals surface area contributed by atoms with Crippen LogP contribution in [0.3, 0.4) is 0 Å². The number of methoxy groups -OCH3 is 1.